The van der Waals surface area contributed by atoms with Gasteiger partial charge in [-0.25, -0.2) is 0 Å². The fourth-order valence-corrected chi connectivity index (χ4v) is 3.04. The molecule has 0 saturated heterocycles. The Kier molecular flexibility index (Phi) is 3.92. The Hall–Kier alpha value is -0.180. The minimum Gasteiger partial charge on any atom is -0.481 e. The predicted octanol–water partition coefficient (Wildman–Crippen LogP) is 2.38. The van der Waals surface area contributed by atoms with E-state index in [4.69, 9.17) is 5.11 Å². The first-order valence-corrected chi connectivity index (χ1v) is 5.65. The van der Waals surface area contributed by atoms with Crippen LogP contribution in [0.4, 0.5) is 0 Å². The Morgan fingerprint density at radius 1 is 1.50 bits per heavy atom. The molecule has 2 atom stereocenters. The molecule has 0 aromatic rings. The molecule has 0 aromatic carbocycles. The van der Waals surface area contributed by atoms with Gasteiger partial charge in [0.25, 0.3) is 0 Å². The Balaban J connectivity index is 2.48. The topological polar surface area (TPSA) is 37.3 Å². The zero-order chi connectivity index (χ0) is 8.97. The third-order valence-electron chi connectivity index (χ3n) is 2.40. The summed E-state index contributed by atoms with van der Waals surface area (Å²) in [6, 6.07) is 0. The van der Waals surface area contributed by atoms with Crippen molar-refractivity contribution in [3.63, 3.8) is 0 Å². The van der Waals surface area contributed by atoms with Gasteiger partial charge < -0.3 is 5.11 Å². The van der Waals surface area contributed by atoms with Gasteiger partial charge >= 0.3 is 5.97 Å². The highest BCUT2D eigenvalue weighted by Crippen LogP contribution is 2.33. The molecule has 0 heterocycles. The fraction of sp³-hybridized carbons (Fsp3) is 0.889. The molecule has 1 aliphatic rings. The van der Waals surface area contributed by atoms with Crippen LogP contribution in [0.3, 0.4) is 0 Å². The smallest absolute Gasteiger partial charge is 0.307 e. The molecule has 70 valence electrons. The quantitative estimate of drug-likeness (QED) is 0.739. The third-order valence-corrected chi connectivity index (χ3v) is 3.73. The lowest BCUT2D eigenvalue weighted by atomic mass is 9.89. The van der Waals surface area contributed by atoms with Gasteiger partial charge in [-0.05, 0) is 18.6 Å². The van der Waals surface area contributed by atoms with Crippen molar-refractivity contribution >= 4 is 17.7 Å². The van der Waals surface area contributed by atoms with E-state index in [9.17, 15) is 4.79 Å². The number of carboxylic acids is 1. The molecule has 1 rings (SSSR count). The second-order valence-electron chi connectivity index (χ2n) is 3.22. The Labute approximate surface area is 77.7 Å². The van der Waals surface area contributed by atoms with E-state index in [1.165, 1.54) is 6.42 Å². The van der Waals surface area contributed by atoms with Gasteiger partial charge in [0, 0.05) is 5.25 Å². The molecule has 0 aliphatic heterocycles. The largest absolute Gasteiger partial charge is 0.481 e. The van der Waals surface area contributed by atoms with Crippen molar-refractivity contribution in [2.45, 2.75) is 37.9 Å². The summed E-state index contributed by atoms with van der Waals surface area (Å²) < 4.78 is 0. The van der Waals surface area contributed by atoms with Crippen molar-refractivity contribution in [2.24, 2.45) is 5.92 Å². The fourth-order valence-electron chi connectivity index (χ4n) is 1.79. The monoisotopic (exact) mass is 188 g/mol. The van der Waals surface area contributed by atoms with Crippen LogP contribution in [0.5, 0.6) is 0 Å². The van der Waals surface area contributed by atoms with Gasteiger partial charge in [0.05, 0.1) is 5.92 Å². The molecule has 0 aromatic heterocycles. The lowest BCUT2D eigenvalue weighted by Crippen LogP contribution is -2.29. The molecule has 0 radical (unpaired) electrons. The SMILES string of the molecule is CCSC1CCCCC1C(=O)O. The summed E-state index contributed by atoms with van der Waals surface area (Å²) in [5, 5.41) is 9.30. The Morgan fingerprint density at radius 3 is 2.75 bits per heavy atom. The van der Waals surface area contributed by atoms with Gasteiger partial charge in [0.15, 0.2) is 0 Å². The normalized spacial score (nSPS) is 30.1. The van der Waals surface area contributed by atoms with Crippen LogP contribution in [0.15, 0.2) is 0 Å². The molecule has 3 heteroatoms. The van der Waals surface area contributed by atoms with E-state index in [2.05, 4.69) is 6.92 Å². The first-order valence-electron chi connectivity index (χ1n) is 4.60. The maximum absolute atomic E-state index is 10.8. The first-order chi connectivity index (χ1) is 5.75. The summed E-state index contributed by atoms with van der Waals surface area (Å²) in [4.78, 5) is 10.8. The third kappa shape index (κ3) is 2.41. The van der Waals surface area contributed by atoms with Gasteiger partial charge in [-0.1, -0.05) is 19.8 Å². The van der Waals surface area contributed by atoms with Gasteiger partial charge in [0.1, 0.15) is 0 Å². The number of thioether (sulfide) groups is 1. The van der Waals surface area contributed by atoms with Crippen LogP contribution in [0.25, 0.3) is 0 Å². The number of hydrogen-bond donors (Lipinski definition) is 1. The predicted molar refractivity (Wildman–Crippen MR) is 51.5 cm³/mol. The van der Waals surface area contributed by atoms with E-state index in [-0.39, 0.29) is 5.92 Å². The summed E-state index contributed by atoms with van der Waals surface area (Å²) >= 11 is 1.81. The van der Waals surface area contributed by atoms with Crippen molar-refractivity contribution in [2.75, 3.05) is 5.75 Å². The molecule has 1 fully saturated rings. The van der Waals surface area contributed by atoms with E-state index in [1.54, 1.807) is 0 Å². The summed E-state index contributed by atoms with van der Waals surface area (Å²) in [5.74, 6) is 0.360. The zero-order valence-corrected chi connectivity index (χ0v) is 8.27. The summed E-state index contributed by atoms with van der Waals surface area (Å²) in [6.45, 7) is 2.10. The number of carboxylic acid groups (broad SMARTS) is 1. The number of aliphatic carboxylic acids is 1. The van der Waals surface area contributed by atoms with Crippen molar-refractivity contribution < 1.29 is 9.90 Å². The van der Waals surface area contributed by atoms with Gasteiger partial charge in [-0.3, -0.25) is 4.79 Å². The second kappa shape index (κ2) is 4.75. The maximum atomic E-state index is 10.8. The van der Waals surface area contributed by atoms with Gasteiger partial charge in [-0.15, -0.1) is 0 Å². The Morgan fingerprint density at radius 2 is 2.17 bits per heavy atom. The zero-order valence-electron chi connectivity index (χ0n) is 7.45. The highest BCUT2D eigenvalue weighted by molar-refractivity contribution is 7.99. The second-order valence-corrected chi connectivity index (χ2v) is 4.74. The van der Waals surface area contributed by atoms with Gasteiger partial charge in [0.2, 0.25) is 0 Å². The van der Waals surface area contributed by atoms with Crippen LogP contribution in [0.1, 0.15) is 32.6 Å². The van der Waals surface area contributed by atoms with Crippen molar-refractivity contribution in [3.8, 4) is 0 Å². The van der Waals surface area contributed by atoms with Crippen LogP contribution in [-0.4, -0.2) is 22.1 Å². The van der Waals surface area contributed by atoms with E-state index in [1.807, 2.05) is 11.8 Å². The molecule has 1 aliphatic carbocycles. The average Bonchev–Trinajstić information content (AvgIpc) is 2.05. The molecule has 12 heavy (non-hydrogen) atoms. The number of carbonyl (C=O) groups is 1. The lowest BCUT2D eigenvalue weighted by molar-refractivity contribution is -0.142. The van der Waals surface area contributed by atoms with Gasteiger partial charge in [-0.2, -0.15) is 11.8 Å². The number of rotatable bonds is 3. The molecule has 2 nitrogen and oxygen atoms in total. The number of hydrogen-bond acceptors (Lipinski definition) is 2. The molecule has 0 spiro atoms. The first kappa shape index (κ1) is 9.90. The van der Waals surface area contributed by atoms with Crippen LogP contribution in [0.2, 0.25) is 0 Å². The molecular weight excluding hydrogens is 172 g/mol. The van der Waals surface area contributed by atoms with Crippen LogP contribution >= 0.6 is 11.8 Å². The van der Waals surface area contributed by atoms with E-state index < -0.39 is 5.97 Å². The minimum absolute atomic E-state index is 0.0799. The van der Waals surface area contributed by atoms with Crippen molar-refractivity contribution in [3.05, 3.63) is 0 Å². The van der Waals surface area contributed by atoms with E-state index in [0.29, 0.717) is 5.25 Å². The Bertz CT molecular complexity index is 157. The van der Waals surface area contributed by atoms with E-state index in [0.717, 1.165) is 25.0 Å². The molecule has 1 N–H and O–H groups in total. The standard InChI is InChI=1S/C9H16O2S/c1-2-12-8-6-4-3-5-7(8)9(10)11/h7-8H,2-6H2,1H3,(H,10,11). The minimum atomic E-state index is -0.597. The van der Waals surface area contributed by atoms with Crippen molar-refractivity contribution in [1.82, 2.24) is 0 Å². The summed E-state index contributed by atoms with van der Waals surface area (Å²) in [5.41, 5.74) is 0. The highest BCUT2D eigenvalue weighted by atomic mass is 32.2. The molecule has 1 saturated carbocycles. The molecule has 2 unspecified atom stereocenters. The van der Waals surface area contributed by atoms with Crippen LogP contribution < -0.4 is 0 Å². The molecule has 0 bridgehead atoms. The van der Waals surface area contributed by atoms with Crippen LogP contribution in [0, 0.1) is 5.92 Å². The lowest BCUT2D eigenvalue weighted by Gasteiger charge is -2.27. The summed E-state index contributed by atoms with van der Waals surface area (Å²) in [6.07, 6.45) is 4.28. The summed E-state index contributed by atoms with van der Waals surface area (Å²) in [7, 11) is 0. The maximum Gasteiger partial charge on any atom is 0.307 e. The van der Waals surface area contributed by atoms with Crippen molar-refractivity contribution in [1.29, 1.82) is 0 Å². The molecule has 0 amide bonds. The van der Waals surface area contributed by atoms with Crippen LogP contribution in [-0.2, 0) is 4.79 Å². The highest BCUT2D eigenvalue weighted by Gasteiger charge is 2.30. The average molecular weight is 188 g/mol. The molecular formula is C9H16O2S. The van der Waals surface area contributed by atoms with E-state index >= 15 is 0 Å².